The minimum absolute atomic E-state index is 0.140. The summed E-state index contributed by atoms with van der Waals surface area (Å²) in [7, 11) is 0. The Balaban J connectivity index is 2.69. The third-order valence-corrected chi connectivity index (χ3v) is 2.26. The predicted molar refractivity (Wildman–Crippen MR) is 59.7 cm³/mol. The molecule has 0 saturated heterocycles. The molecule has 0 aliphatic carbocycles. The summed E-state index contributed by atoms with van der Waals surface area (Å²) in [6, 6.07) is 8.90. The lowest BCUT2D eigenvalue weighted by Gasteiger charge is -2.17. The van der Waals surface area contributed by atoms with E-state index in [0.717, 1.165) is 5.56 Å². The summed E-state index contributed by atoms with van der Waals surface area (Å²) in [6.07, 6.45) is 0. The molecule has 0 radical (unpaired) electrons. The van der Waals surface area contributed by atoms with Crippen LogP contribution in [-0.2, 0) is 4.79 Å². The molecule has 1 aromatic rings. The summed E-state index contributed by atoms with van der Waals surface area (Å²) in [4.78, 5) is 11.3. The van der Waals surface area contributed by atoms with E-state index in [9.17, 15) is 4.79 Å². The first-order valence-corrected chi connectivity index (χ1v) is 5.19. The van der Waals surface area contributed by atoms with E-state index >= 15 is 0 Å². The highest BCUT2D eigenvalue weighted by molar-refractivity contribution is 6.30. The number of nitrogens with one attached hydrogen (secondary N) is 1. The van der Waals surface area contributed by atoms with Gasteiger partial charge in [-0.3, -0.25) is 4.79 Å². The number of hydrogen-bond donors (Lipinski definition) is 2. The van der Waals surface area contributed by atoms with Gasteiger partial charge < -0.3 is 10.4 Å². The van der Waals surface area contributed by atoms with E-state index in [2.05, 4.69) is 5.32 Å². The van der Waals surface area contributed by atoms with Crippen LogP contribution < -0.4 is 5.32 Å². The highest BCUT2D eigenvalue weighted by Gasteiger charge is 2.16. The average Bonchev–Trinajstić information content (AvgIpc) is 2.26. The first-order chi connectivity index (χ1) is 7.15. The normalized spacial score (nSPS) is 14.3. The van der Waals surface area contributed by atoms with Gasteiger partial charge in [0.1, 0.15) is 5.38 Å². The second kappa shape index (κ2) is 5.73. The maximum Gasteiger partial charge on any atom is 0.238 e. The molecule has 1 amide bonds. The van der Waals surface area contributed by atoms with Gasteiger partial charge in [-0.1, -0.05) is 30.3 Å². The molecule has 0 aliphatic rings. The largest absolute Gasteiger partial charge is 0.394 e. The zero-order valence-corrected chi connectivity index (χ0v) is 9.24. The van der Waals surface area contributed by atoms with Gasteiger partial charge in [-0.25, -0.2) is 0 Å². The molecule has 2 atom stereocenters. The van der Waals surface area contributed by atoms with E-state index in [1.165, 1.54) is 0 Å². The summed E-state index contributed by atoms with van der Waals surface area (Å²) in [6.45, 7) is 1.45. The number of hydrogen-bond acceptors (Lipinski definition) is 2. The Labute approximate surface area is 94.1 Å². The number of alkyl halides is 1. The molecule has 15 heavy (non-hydrogen) atoms. The van der Waals surface area contributed by atoms with Gasteiger partial charge in [0.25, 0.3) is 0 Å². The van der Waals surface area contributed by atoms with Crippen LogP contribution in [0.2, 0.25) is 0 Å². The Kier molecular flexibility index (Phi) is 4.59. The number of carbonyl (C=O) groups is 1. The Bertz CT molecular complexity index is 314. The van der Waals surface area contributed by atoms with Crippen molar-refractivity contribution in [1.82, 2.24) is 5.32 Å². The molecule has 0 aliphatic heterocycles. The van der Waals surface area contributed by atoms with Crippen LogP contribution in [0.3, 0.4) is 0 Å². The Morgan fingerprint density at radius 2 is 2.07 bits per heavy atom. The maximum absolute atomic E-state index is 11.3. The predicted octanol–water partition coefficient (Wildman–Crippen LogP) is 1.46. The Hall–Kier alpha value is -1.06. The molecule has 0 spiro atoms. The molecule has 0 fully saturated rings. The van der Waals surface area contributed by atoms with Crippen molar-refractivity contribution in [2.75, 3.05) is 6.61 Å². The lowest BCUT2D eigenvalue weighted by Crippen LogP contribution is -2.35. The van der Waals surface area contributed by atoms with Crippen LogP contribution in [-0.4, -0.2) is 23.0 Å². The zero-order valence-electron chi connectivity index (χ0n) is 8.48. The second-order valence-corrected chi connectivity index (χ2v) is 3.93. The van der Waals surface area contributed by atoms with E-state index in [0.29, 0.717) is 0 Å². The van der Waals surface area contributed by atoms with Crippen LogP contribution in [0.5, 0.6) is 0 Å². The zero-order chi connectivity index (χ0) is 11.3. The van der Waals surface area contributed by atoms with E-state index < -0.39 is 5.38 Å². The molecule has 1 rings (SSSR count). The molecule has 0 unspecified atom stereocenters. The first-order valence-electron chi connectivity index (χ1n) is 4.75. The second-order valence-electron chi connectivity index (χ2n) is 3.27. The van der Waals surface area contributed by atoms with Crippen LogP contribution in [0.15, 0.2) is 30.3 Å². The van der Waals surface area contributed by atoms with Crippen LogP contribution in [0.1, 0.15) is 18.5 Å². The van der Waals surface area contributed by atoms with Crippen molar-refractivity contribution in [2.24, 2.45) is 0 Å². The fraction of sp³-hybridized carbons (Fsp3) is 0.364. The van der Waals surface area contributed by atoms with Gasteiger partial charge in [-0.05, 0) is 12.5 Å². The molecule has 82 valence electrons. The molecule has 0 bridgehead atoms. The topological polar surface area (TPSA) is 49.3 Å². The van der Waals surface area contributed by atoms with Crippen LogP contribution >= 0.6 is 11.6 Å². The highest BCUT2D eigenvalue weighted by Crippen LogP contribution is 2.12. The third kappa shape index (κ3) is 3.53. The number of amides is 1. The number of aliphatic hydroxyl groups excluding tert-OH is 1. The molecular formula is C11H14ClNO2. The fourth-order valence-corrected chi connectivity index (χ4v) is 1.27. The number of benzene rings is 1. The van der Waals surface area contributed by atoms with Gasteiger partial charge in [0.05, 0.1) is 12.6 Å². The quantitative estimate of drug-likeness (QED) is 0.766. The van der Waals surface area contributed by atoms with Crippen molar-refractivity contribution >= 4 is 17.5 Å². The van der Waals surface area contributed by atoms with Crippen LogP contribution in [0.25, 0.3) is 0 Å². The average molecular weight is 228 g/mol. The lowest BCUT2D eigenvalue weighted by molar-refractivity contribution is -0.121. The van der Waals surface area contributed by atoms with Crippen molar-refractivity contribution in [3.63, 3.8) is 0 Å². The molecule has 2 N–H and O–H groups in total. The number of halogens is 1. The standard InChI is InChI=1S/C11H14ClNO2/c1-8(12)11(15)13-10(7-14)9-5-3-2-4-6-9/h2-6,8,10,14H,7H2,1H3,(H,13,15)/t8-,10-/m0/s1. The van der Waals surface area contributed by atoms with Crippen LogP contribution in [0, 0.1) is 0 Å². The molecule has 0 aromatic heterocycles. The van der Waals surface area contributed by atoms with Gasteiger partial charge in [-0.15, -0.1) is 11.6 Å². The van der Waals surface area contributed by atoms with Gasteiger partial charge in [0.15, 0.2) is 0 Å². The summed E-state index contributed by atoms with van der Waals surface area (Å²) < 4.78 is 0. The monoisotopic (exact) mass is 227 g/mol. The Morgan fingerprint density at radius 1 is 1.47 bits per heavy atom. The molecule has 0 saturated carbocycles. The fourth-order valence-electron chi connectivity index (χ4n) is 1.21. The molecule has 3 nitrogen and oxygen atoms in total. The van der Waals surface area contributed by atoms with Crippen molar-refractivity contribution < 1.29 is 9.90 Å². The lowest BCUT2D eigenvalue weighted by atomic mass is 10.1. The summed E-state index contributed by atoms with van der Waals surface area (Å²) in [5, 5.41) is 11.2. The van der Waals surface area contributed by atoms with Gasteiger partial charge in [0.2, 0.25) is 5.91 Å². The SMILES string of the molecule is C[C@H](Cl)C(=O)N[C@@H](CO)c1ccccc1. The summed E-state index contributed by atoms with van der Waals surface area (Å²) in [5.74, 6) is -0.278. The smallest absolute Gasteiger partial charge is 0.238 e. The molecule has 0 heterocycles. The number of carbonyl (C=O) groups excluding carboxylic acids is 1. The van der Waals surface area contributed by atoms with Crippen molar-refractivity contribution in [3.8, 4) is 0 Å². The third-order valence-electron chi connectivity index (χ3n) is 2.06. The minimum Gasteiger partial charge on any atom is -0.394 e. The molecular weight excluding hydrogens is 214 g/mol. The Morgan fingerprint density at radius 3 is 2.53 bits per heavy atom. The van der Waals surface area contributed by atoms with E-state index in [-0.39, 0.29) is 18.6 Å². The van der Waals surface area contributed by atoms with Crippen molar-refractivity contribution in [1.29, 1.82) is 0 Å². The highest BCUT2D eigenvalue weighted by atomic mass is 35.5. The van der Waals surface area contributed by atoms with Gasteiger partial charge >= 0.3 is 0 Å². The van der Waals surface area contributed by atoms with E-state index in [1.807, 2.05) is 30.3 Å². The molecule has 4 heteroatoms. The van der Waals surface area contributed by atoms with E-state index in [4.69, 9.17) is 16.7 Å². The minimum atomic E-state index is -0.595. The van der Waals surface area contributed by atoms with Crippen molar-refractivity contribution in [2.45, 2.75) is 18.3 Å². The first kappa shape index (κ1) is 12.0. The van der Waals surface area contributed by atoms with Crippen molar-refractivity contribution in [3.05, 3.63) is 35.9 Å². The number of aliphatic hydroxyl groups is 1. The van der Waals surface area contributed by atoms with Gasteiger partial charge in [-0.2, -0.15) is 0 Å². The maximum atomic E-state index is 11.3. The summed E-state index contributed by atoms with van der Waals surface area (Å²) >= 11 is 5.62. The van der Waals surface area contributed by atoms with E-state index in [1.54, 1.807) is 6.92 Å². The number of rotatable bonds is 4. The molecule has 1 aromatic carbocycles. The van der Waals surface area contributed by atoms with Crippen LogP contribution in [0.4, 0.5) is 0 Å². The van der Waals surface area contributed by atoms with Gasteiger partial charge in [0, 0.05) is 0 Å². The summed E-state index contributed by atoms with van der Waals surface area (Å²) in [5.41, 5.74) is 0.866.